The average Bonchev–Trinajstić information content (AvgIpc) is 2.97. The van der Waals surface area contributed by atoms with Crippen LogP contribution in [0, 0.1) is 17.5 Å². The highest BCUT2D eigenvalue weighted by atomic mass is 19.2. The van der Waals surface area contributed by atoms with E-state index in [2.05, 4.69) is 4.90 Å². The van der Waals surface area contributed by atoms with Crippen molar-refractivity contribution in [3.63, 3.8) is 0 Å². The van der Waals surface area contributed by atoms with Gasteiger partial charge >= 0.3 is 0 Å². The maximum absolute atomic E-state index is 13.3. The van der Waals surface area contributed by atoms with E-state index >= 15 is 0 Å². The topological polar surface area (TPSA) is 43.8 Å². The van der Waals surface area contributed by atoms with Crippen LogP contribution in [0.25, 0.3) is 0 Å². The van der Waals surface area contributed by atoms with Gasteiger partial charge in [0.15, 0.2) is 17.5 Å². The van der Waals surface area contributed by atoms with Gasteiger partial charge in [0.2, 0.25) is 0 Å². The minimum atomic E-state index is -1.57. The third-order valence-corrected chi connectivity index (χ3v) is 4.75. The van der Waals surface area contributed by atoms with Gasteiger partial charge in [0, 0.05) is 37.8 Å². The molecule has 1 aromatic rings. The van der Waals surface area contributed by atoms with E-state index in [1.807, 2.05) is 0 Å². The van der Waals surface area contributed by atoms with E-state index in [1.54, 1.807) is 0 Å². The number of benzene rings is 1. The largest absolute Gasteiger partial charge is 0.391 e. The molecule has 1 aromatic carbocycles. The minimum Gasteiger partial charge on any atom is -0.391 e. The molecule has 0 radical (unpaired) electrons. The second-order valence-corrected chi connectivity index (χ2v) is 6.15. The van der Waals surface area contributed by atoms with E-state index in [1.165, 1.54) is 4.90 Å². The third kappa shape index (κ3) is 3.21. The van der Waals surface area contributed by atoms with Gasteiger partial charge in [-0.05, 0) is 31.4 Å². The number of halogens is 3. The molecule has 2 aliphatic rings. The zero-order chi connectivity index (χ0) is 16.6. The Morgan fingerprint density at radius 3 is 2.17 bits per heavy atom. The third-order valence-electron chi connectivity index (χ3n) is 4.75. The molecule has 3 rings (SSSR count). The normalized spacial score (nSPS) is 25.8. The molecule has 0 bridgehead atoms. The summed E-state index contributed by atoms with van der Waals surface area (Å²) in [5.74, 6) is -4.79. The number of rotatable bonds is 2. The summed E-state index contributed by atoms with van der Waals surface area (Å²) in [6, 6.07) is 1.59. The van der Waals surface area contributed by atoms with Gasteiger partial charge in [-0.3, -0.25) is 9.69 Å². The van der Waals surface area contributed by atoms with Gasteiger partial charge in [0.05, 0.1) is 6.10 Å². The first-order valence-corrected chi connectivity index (χ1v) is 7.83. The minimum absolute atomic E-state index is 0.132. The van der Waals surface area contributed by atoms with E-state index in [9.17, 15) is 23.1 Å². The van der Waals surface area contributed by atoms with Crippen molar-refractivity contribution < 1.29 is 23.1 Å². The van der Waals surface area contributed by atoms with Crippen molar-refractivity contribution in [3.05, 3.63) is 35.1 Å². The summed E-state index contributed by atoms with van der Waals surface area (Å²) >= 11 is 0. The number of nitrogens with zero attached hydrogens (tertiary/aromatic N) is 2. The van der Waals surface area contributed by atoms with E-state index in [-0.39, 0.29) is 17.7 Å². The molecule has 1 amide bonds. The van der Waals surface area contributed by atoms with Crippen LogP contribution in [0.3, 0.4) is 0 Å². The van der Waals surface area contributed by atoms with Gasteiger partial charge in [-0.25, -0.2) is 13.2 Å². The Kier molecular flexibility index (Phi) is 4.59. The number of amides is 1. The van der Waals surface area contributed by atoms with Crippen molar-refractivity contribution >= 4 is 5.91 Å². The predicted octanol–water partition coefficient (Wildman–Crippen LogP) is 1.78. The molecule has 126 valence electrons. The average molecular weight is 328 g/mol. The van der Waals surface area contributed by atoms with Crippen molar-refractivity contribution in [2.75, 3.05) is 26.2 Å². The Hall–Kier alpha value is -1.60. The summed E-state index contributed by atoms with van der Waals surface area (Å²) in [6.45, 7) is 2.06. The molecule has 1 heterocycles. The van der Waals surface area contributed by atoms with Crippen molar-refractivity contribution in [1.29, 1.82) is 0 Å². The standard InChI is InChI=1S/C16H19F3N2O2/c17-11-8-10(9-12(18)15(11)19)16(23)21-6-4-20(5-7-21)13-2-1-3-14(13)22/h8-9,13-14,22H,1-7H2. The van der Waals surface area contributed by atoms with Crippen LogP contribution in [-0.2, 0) is 0 Å². The van der Waals surface area contributed by atoms with Crippen LogP contribution in [0.5, 0.6) is 0 Å². The second kappa shape index (κ2) is 6.49. The Labute approximate surface area is 132 Å². The molecule has 2 atom stereocenters. The number of carbonyl (C=O) groups excluding carboxylic acids is 1. The number of hydrogen-bond acceptors (Lipinski definition) is 3. The summed E-state index contributed by atoms with van der Waals surface area (Å²) in [5, 5.41) is 9.94. The van der Waals surface area contributed by atoms with Crippen LogP contribution in [0.1, 0.15) is 29.6 Å². The van der Waals surface area contributed by atoms with Crippen molar-refractivity contribution in [3.8, 4) is 0 Å². The Balaban J connectivity index is 1.64. The van der Waals surface area contributed by atoms with Gasteiger partial charge in [-0.15, -0.1) is 0 Å². The summed E-state index contributed by atoms with van der Waals surface area (Å²) in [7, 11) is 0. The lowest BCUT2D eigenvalue weighted by Gasteiger charge is -2.39. The Morgan fingerprint density at radius 1 is 1.04 bits per heavy atom. The van der Waals surface area contributed by atoms with Crippen LogP contribution in [0.4, 0.5) is 13.2 Å². The molecule has 1 aliphatic carbocycles. The van der Waals surface area contributed by atoms with E-state index in [0.29, 0.717) is 26.2 Å². The van der Waals surface area contributed by atoms with E-state index in [4.69, 9.17) is 0 Å². The summed E-state index contributed by atoms with van der Waals surface area (Å²) in [6.07, 6.45) is 2.43. The summed E-state index contributed by atoms with van der Waals surface area (Å²) < 4.78 is 39.5. The quantitative estimate of drug-likeness (QED) is 0.842. The zero-order valence-electron chi connectivity index (χ0n) is 12.6. The van der Waals surface area contributed by atoms with Crippen molar-refractivity contribution in [1.82, 2.24) is 9.80 Å². The lowest BCUT2D eigenvalue weighted by molar-refractivity contribution is 0.0315. The maximum atomic E-state index is 13.3. The van der Waals surface area contributed by atoms with Crippen LogP contribution in [-0.4, -0.2) is 59.1 Å². The Bertz CT molecular complexity index is 580. The fourth-order valence-electron chi connectivity index (χ4n) is 3.47. The smallest absolute Gasteiger partial charge is 0.254 e. The van der Waals surface area contributed by atoms with Crippen LogP contribution < -0.4 is 0 Å². The van der Waals surface area contributed by atoms with Gasteiger partial charge in [-0.2, -0.15) is 0 Å². The molecule has 1 aliphatic heterocycles. The number of aliphatic hydroxyl groups is 1. The molecule has 1 saturated heterocycles. The first-order valence-electron chi connectivity index (χ1n) is 7.83. The summed E-state index contributed by atoms with van der Waals surface area (Å²) in [4.78, 5) is 16.0. The molecule has 1 saturated carbocycles. The molecular weight excluding hydrogens is 309 g/mol. The first-order chi connectivity index (χ1) is 11.0. The SMILES string of the molecule is O=C(c1cc(F)c(F)c(F)c1)N1CCN(C2CCCC2O)CC1. The lowest BCUT2D eigenvalue weighted by atomic mass is 10.1. The van der Waals surface area contributed by atoms with Gasteiger partial charge in [0.1, 0.15) is 0 Å². The van der Waals surface area contributed by atoms with E-state index in [0.717, 1.165) is 31.4 Å². The monoisotopic (exact) mass is 328 g/mol. The fourth-order valence-corrected chi connectivity index (χ4v) is 3.47. The number of hydrogen-bond donors (Lipinski definition) is 1. The highest BCUT2D eigenvalue weighted by molar-refractivity contribution is 5.94. The first kappa shape index (κ1) is 16.3. The summed E-state index contributed by atoms with van der Waals surface area (Å²) in [5.41, 5.74) is -0.184. The zero-order valence-corrected chi connectivity index (χ0v) is 12.6. The molecule has 0 aromatic heterocycles. The molecule has 4 nitrogen and oxygen atoms in total. The van der Waals surface area contributed by atoms with Crippen LogP contribution >= 0.6 is 0 Å². The lowest BCUT2D eigenvalue weighted by Crippen LogP contribution is -2.53. The molecule has 2 fully saturated rings. The highest BCUT2D eigenvalue weighted by Crippen LogP contribution is 2.25. The number of aliphatic hydroxyl groups excluding tert-OH is 1. The van der Waals surface area contributed by atoms with Gasteiger partial charge < -0.3 is 10.0 Å². The molecular formula is C16H19F3N2O2. The molecule has 7 heteroatoms. The van der Waals surface area contributed by atoms with Crippen molar-refractivity contribution in [2.45, 2.75) is 31.4 Å². The predicted molar refractivity (Wildman–Crippen MR) is 77.4 cm³/mol. The maximum Gasteiger partial charge on any atom is 0.254 e. The molecule has 2 unspecified atom stereocenters. The fraction of sp³-hybridized carbons (Fsp3) is 0.562. The van der Waals surface area contributed by atoms with E-state index < -0.39 is 23.4 Å². The van der Waals surface area contributed by atoms with Gasteiger partial charge in [-0.1, -0.05) is 0 Å². The van der Waals surface area contributed by atoms with Crippen molar-refractivity contribution in [2.24, 2.45) is 0 Å². The van der Waals surface area contributed by atoms with Crippen LogP contribution in [0.15, 0.2) is 12.1 Å². The number of carbonyl (C=O) groups is 1. The molecule has 23 heavy (non-hydrogen) atoms. The highest BCUT2D eigenvalue weighted by Gasteiger charge is 2.33. The van der Waals surface area contributed by atoms with Crippen LogP contribution in [0.2, 0.25) is 0 Å². The number of piperazine rings is 1. The second-order valence-electron chi connectivity index (χ2n) is 6.15. The molecule has 0 spiro atoms. The van der Waals surface area contributed by atoms with Gasteiger partial charge in [0.25, 0.3) is 5.91 Å². The Morgan fingerprint density at radius 2 is 1.65 bits per heavy atom. The molecule has 1 N–H and O–H groups in total.